The van der Waals surface area contributed by atoms with Crippen LogP contribution in [-0.2, 0) is 11.8 Å². The molecule has 21 heavy (non-hydrogen) atoms. The number of anilines is 1. The molecule has 1 N–H and O–H groups in total. The van der Waals surface area contributed by atoms with Gasteiger partial charge in [0.2, 0.25) is 5.91 Å². The van der Waals surface area contributed by atoms with Crippen molar-refractivity contribution >= 4 is 23.5 Å². The zero-order valence-corrected chi connectivity index (χ0v) is 13.1. The number of amides is 1. The van der Waals surface area contributed by atoms with E-state index < -0.39 is 0 Å². The van der Waals surface area contributed by atoms with E-state index in [1.54, 1.807) is 23.9 Å². The number of nitrogens with zero attached hydrogens (tertiary/aromatic N) is 2. The Kier molecular flexibility index (Phi) is 5.01. The van der Waals surface area contributed by atoms with Crippen LogP contribution in [0.1, 0.15) is 23.4 Å². The minimum Gasteiger partial charge on any atom is -0.310 e. The van der Waals surface area contributed by atoms with Gasteiger partial charge in [-0.2, -0.15) is 5.10 Å². The molecule has 2 aromatic rings. The fourth-order valence-corrected chi connectivity index (χ4v) is 2.76. The number of carbonyl (C=O) groups is 1. The summed E-state index contributed by atoms with van der Waals surface area (Å²) < 4.78 is 14.5. The average Bonchev–Trinajstić information content (AvgIpc) is 2.75. The van der Waals surface area contributed by atoms with Gasteiger partial charge in [-0.3, -0.25) is 9.48 Å². The van der Waals surface area contributed by atoms with Crippen LogP contribution in [0.3, 0.4) is 0 Å². The maximum absolute atomic E-state index is 12.9. The smallest absolute Gasteiger partial charge is 0.235 e. The molecular weight excluding hydrogens is 289 g/mol. The molecule has 0 saturated carbocycles. The summed E-state index contributed by atoms with van der Waals surface area (Å²) in [6, 6.07) is 8.19. The van der Waals surface area contributed by atoms with Crippen molar-refractivity contribution < 1.29 is 9.18 Å². The number of hydrogen-bond acceptors (Lipinski definition) is 3. The Hall–Kier alpha value is -1.82. The second kappa shape index (κ2) is 6.76. The molecule has 1 atom stereocenters. The van der Waals surface area contributed by atoms with Crippen molar-refractivity contribution in [3.63, 3.8) is 0 Å². The van der Waals surface area contributed by atoms with Crippen molar-refractivity contribution in [2.24, 2.45) is 7.05 Å². The fraction of sp³-hybridized carbons (Fsp3) is 0.333. The van der Waals surface area contributed by atoms with Gasteiger partial charge < -0.3 is 5.32 Å². The highest BCUT2D eigenvalue weighted by Crippen LogP contribution is 2.28. The zero-order valence-electron chi connectivity index (χ0n) is 12.3. The van der Waals surface area contributed by atoms with Crippen LogP contribution in [0.2, 0.25) is 0 Å². The SMILES string of the molecule is Cc1cc(NC(=O)CSC(C)c2ccc(F)cc2)n(C)n1. The highest BCUT2D eigenvalue weighted by atomic mass is 32.2. The van der Waals surface area contributed by atoms with E-state index in [1.807, 2.05) is 19.9 Å². The molecule has 0 bridgehead atoms. The van der Waals surface area contributed by atoms with Gasteiger partial charge in [-0.05, 0) is 31.5 Å². The lowest BCUT2D eigenvalue weighted by atomic mass is 10.2. The highest BCUT2D eigenvalue weighted by Gasteiger charge is 2.11. The Labute approximate surface area is 127 Å². The molecule has 112 valence electrons. The third-order valence-corrected chi connectivity index (χ3v) is 4.27. The van der Waals surface area contributed by atoms with Crippen LogP contribution in [0.5, 0.6) is 0 Å². The molecule has 0 radical (unpaired) electrons. The van der Waals surface area contributed by atoms with E-state index in [9.17, 15) is 9.18 Å². The van der Waals surface area contributed by atoms with Crippen molar-refractivity contribution in [2.45, 2.75) is 19.1 Å². The van der Waals surface area contributed by atoms with E-state index >= 15 is 0 Å². The molecule has 0 aliphatic carbocycles. The first-order valence-electron chi connectivity index (χ1n) is 6.63. The van der Waals surface area contributed by atoms with Crippen LogP contribution < -0.4 is 5.32 Å². The Morgan fingerprint density at radius 3 is 2.67 bits per heavy atom. The van der Waals surface area contributed by atoms with Gasteiger partial charge in [0.25, 0.3) is 0 Å². The molecule has 1 aromatic carbocycles. The molecule has 0 fully saturated rings. The summed E-state index contributed by atoms with van der Waals surface area (Å²) in [6.07, 6.45) is 0. The standard InChI is InChI=1S/C15H18FN3OS/c1-10-8-14(19(3)18-10)17-15(20)9-21-11(2)12-4-6-13(16)7-5-12/h4-8,11H,9H2,1-3H3,(H,17,20). The Morgan fingerprint density at radius 1 is 1.43 bits per heavy atom. The van der Waals surface area contributed by atoms with Crippen molar-refractivity contribution in [2.75, 3.05) is 11.1 Å². The van der Waals surface area contributed by atoms with Crippen LogP contribution >= 0.6 is 11.8 Å². The summed E-state index contributed by atoms with van der Waals surface area (Å²) in [4.78, 5) is 11.9. The monoisotopic (exact) mass is 307 g/mol. The lowest BCUT2D eigenvalue weighted by Gasteiger charge is -2.11. The van der Waals surface area contributed by atoms with E-state index in [0.717, 1.165) is 11.3 Å². The molecule has 1 heterocycles. The summed E-state index contributed by atoms with van der Waals surface area (Å²) in [7, 11) is 1.79. The van der Waals surface area contributed by atoms with Gasteiger partial charge in [0.1, 0.15) is 11.6 Å². The van der Waals surface area contributed by atoms with Crippen LogP contribution in [-0.4, -0.2) is 21.4 Å². The predicted molar refractivity (Wildman–Crippen MR) is 83.8 cm³/mol. The van der Waals surface area contributed by atoms with Crippen molar-refractivity contribution in [3.8, 4) is 0 Å². The molecule has 1 aromatic heterocycles. The molecule has 6 heteroatoms. The second-order valence-corrected chi connectivity index (χ2v) is 6.18. The van der Waals surface area contributed by atoms with Gasteiger partial charge in [0.15, 0.2) is 0 Å². The third-order valence-electron chi connectivity index (χ3n) is 3.07. The van der Waals surface area contributed by atoms with E-state index in [4.69, 9.17) is 0 Å². The molecule has 0 saturated heterocycles. The zero-order chi connectivity index (χ0) is 15.4. The number of thioether (sulfide) groups is 1. The molecule has 1 unspecified atom stereocenters. The van der Waals surface area contributed by atoms with Crippen LogP contribution in [0.15, 0.2) is 30.3 Å². The van der Waals surface area contributed by atoms with Crippen molar-refractivity contribution in [1.29, 1.82) is 0 Å². The minimum absolute atomic E-state index is 0.0723. The fourth-order valence-electron chi connectivity index (χ4n) is 1.94. The predicted octanol–water partition coefficient (Wildman–Crippen LogP) is 3.30. The topological polar surface area (TPSA) is 46.9 Å². The first-order valence-corrected chi connectivity index (χ1v) is 7.68. The lowest BCUT2D eigenvalue weighted by Crippen LogP contribution is -2.16. The normalized spacial score (nSPS) is 12.2. The number of benzene rings is 1. The van der Waals surface area contributed by atoms with Crippen molar-refractivity contribution in [1.82, 2.24) is 9.78 Å². The van der Waals surface area contributed by atoms with Crippen LogP contribution in [0.4, 0.5) is 10.2 Å². The largest absolute Gasteiger partial charge is 0.310 e. The third kappa shape index (κ3) is 4.32. The van der Waals surface area contributed by atoms with Gasteiger partial charge in [0.05, 0.1) is 11.4 Å². The van der Waals surface area contributed by atoms with E-state index in [1.165, 1.54) is 23.9 Å². The molecule has 4 nitrogen and oxygen atoms in total. The van der Waals surface area contributed by atoms with E-state index in [2.05, 4.69) is 10.4 Å². The van der Waals surface area contributed by atoms with Gasteiger partial charge in [-0.1, -0.05) is 12.1 Å². The molecule has 0 aliphatic rings. The molecule has 2 rings (SSSR count). The quantitative estimate of drug-likeness (QED) is 0.922. The second-order valence-electron chi connectivity index (χ2n) is 4.85. The summed E-state index contributed by atoms with van der Waals surface area (Å²) in [5.74, 6) is 0.702. The average molecular weight is 307 g/mol. The van der Waals surface area contributed by atoms with Gasteiger partial charge in [-0.25, -0.2) is 4.39 Å². The maximum atomic E-state index is 12.9. The first-order chi connectivity index (χ1) is 9.95. The Morgan fingerprint density at radius 2 is 2.10 bits per heavy atom. The van der Waals surface area contributed by atoms with E-state index in [0.29, 0.717) is 11.6 Å². The number of halogens is 1. The summed E-state index contributed by atoms with van der Waals surface area (Å²) in [6.45, 7) is 3.88. The van der Waals surface area contributed by atoms with Gasteiger partial charge in [-0.15, -0.1) is 11.8 Å². The maximum Gasteiger partial charge on any atom is 0.235 e. The molecular formula is C15H18FN3OS. The minimum atomic E-state index is -0.250. The highest BCUT2D eigenvalue weighted by molar-refractivity contribution is 8.00. The molecule has 0 spiro atoms. The number of aromatic nitrogens is 2. The molecule has 0 aliphatic heterocycles. The van der Waals surface area contributed by atoms with Crippen LogP contribution in [0, 0.1) is 12.7 Å². The number of rotatable bonds is 5. The first kappa shape index (κ1) is 15.6. The summed E-state index contributed by atoms with van der Waals surface area (Å²) in [5, 5.41) is 7.13. The number of nitrogens with one attached hydrogen (secondary N) is 1. The van der Waals surface area contributed by atoms with Gasteiger partial charge >= 0.3 is 0 Å². The molecule has 1 amide bonds. The number of carbonyl (C=O) groups excluding carboxylic acids is 1. The summed E-state index contributed by atoms with van der Waals surface area (Å²) in [5.41, 5.74) is 1.87. The summed E-state index contributed by atoms with van der Waals surface area (Å²) >= 11 is 1.51. The van der Waals surface area contributed by atoms with Crippen LogP contribution in [0.25, 0.3) is 0 Å². The Balaban J connectivity index is 1.86. The number of hydrogen-bond donors (Lipinski definition) is 1. The van der Waals surface area contributed by atoms with E-state index in [-0.39, 0.29) is 17.0 Å². The lowest BCUT2D eigenvalue weighted by molar-refractivity contribution is -0.113. The van der Waals surface area contributed by atoms with Gasteiger partial charge in [0, 0.05) is 18.4 Å². The Bertz CT molecular complexity index is 624. The van der Waals surface area contributed by atoms with Crippen molar-refractivity contribution in [3.05, 3.63) is 47.4 Å². The number of aryl methyl sites for hydroxylation is 2.